The smallest absolute Gasteiger partial charge is 0.228 e. The fourth-order valence-electron chi connectivity index (χ4n) is 2.97. The molecule has 9 heteroatoms. The lowest BCUT2D eigenvalue weighted by Gasteiger charge is -2.27. The van der Waals surface area contributed by atoms with Crippen LogP contribution in [0, 0.1) is 0 Å². The number of rotatable bonds is 15. The highest BCUT2D eigenvalue weighted by molar-refractivity contribution is 7.80. The Kier molecular flexibility index (Phi) is 15.1. The number of nitrogens with one attached hydrogen (secondary N) is 3. The molecule has 182 valence electrons. The number of hydrogen-bond acceptors (Lipinski definition) is 3. The molecular formula is C23H36Cl3N3O2S. The van der Waals surface area contributed by atoms with Gasteiger partial charge in [-0.2, -0.15) is 0 Å². The number of hydrogen-bond donors (Lipinski definition) is 3. The number of thiocarbonyl (C=S) groups is 1. The summed E-state index contributed by atoms with van der Waals surface area (Å²) in [5, 5.41) is 8.86. The van der Waals surface area contributed by atoms with E-state index in [0.29, 0.717) is 13.0 Å². The van der Waals surface area contributed by atoms with Crippen molar-refractivity contribution in [3.05, 3.63) is 24.3 Å². The number of unbranched alkanes of at least 4 members (excludes halogenated alkanes) is 7. The van der Waals surface area contributed by atoms with Crippen molar-refractivity contribution >= 4 is 63.7 Å². The van der Waals surface area contributed by atoms with Crippen LogP contribution in [0.3, 0.4) is 0 Å². The molecule has 0 saturated carbocycles. The molecule has 1 unspecified atom stereocenters. The second-order valence-corrected chi connectivity index (χ2v) is 10.5. The van der Waals surface area contributed by atoms with Gasteiger partial charge in [0.15, 0.2) is 5.11 Å². The van der Waals surface area contributed by atoms with E-state index >= 15 is 0 Å². The second kappa shape index (κ2) is 16.6. The molecule has 0 saturated heterocycles. The molecule has 1 amide bonds. The molecule has 0 aliphatic carbocycles. The molecule has 3 N–H and O–H groups in total. The fourth-order valence-corrected chi connectivity index (χ4v) is 3.54. The van der Waals surface area contributed by atoms with Crippen molar-refractivity contribution in [3.8, 4) is 5.75 Å². The van der Waals surface area contributed by atoms with Gasteiger partial charge >= 0.3 is 0 Å². The molecule has 1 aromatic carbocycles. The quantitative estimate of drug-likeness (QED) is 0.0988. The molecule has 0 aliphatic rings. The van der Waals surface area contributed by atoms with Crippen LogP contribution in [0.5, 0.6) is 5.75 Å². The number of anilines is 1. The van der Waals surface area contributed by atoms with E-state index in [4.69, 9.17) is 51.8 Å². The van der Waals surface area contributed by atoms with Crippen molar-refractivity contribution in [3.63, 3.8) is 0 Å². The number of carbonyl (C=O) groups is 1. The van der Waals surface area contributed by atoms with Gasteiger partial charge in [0.2, 0.25) is 9.70 Å². The lowest BCUT2D eigenvalue weighted by Crippen LogP contribution is -2.56. The highest BCUT2D eigenvalue weighted by atomic mass is 35.6. The van der Waals surface area contributed by atoms with Gasteiger partial charge in [-0.05, 0) is 49.3 Å². The van der Waals surface area contributed by atoms with Crippen LogP contribution in [0.1, 0.15) is 78.1 Å². The van der Waals surface area contributed by atoms with E-state index in [9.17, 15) is 4.79 Å². The first kappa shape index (κ1) is 29.1. The third-order valence-electron chi connectivity index (χ3n) is 4.79. The average molecular weight is 525 g/mol. The van der Waals surface area contributed by atoms with Crippen LogP contribution >= 0.6 is 47.0 Å². The molecule has 0 bridgehead atoms. The van der Waals surface area contributed by atoms with E-state index in [1.54, 1.807) is 0 Å². The summed E-state index contributed by atoms with van der Waals surface area (Å²) in [7, 11) is 0. The maximum Gasteiger partial charge on any atom is 0.228 e. The predicted molar refractivity (Wildman–Crippen MR) is 141 cm³/mol. The Morgan fingerprint density at radius 1 is 0.938 bits per heavy atom. The standard InChI is InChI=1S/C23H36Cl3N3O2S/c1-3-5-7-9-10-12-20(30)28-21(23(24,25)26)29-22(32)27-18-13-15-19(16-14-18)31-17-11-8-6-4-2/h13-16,21H,3-12,17H2,1-2H3,(H,28,30)(H2,27,29,32). The van der Waals surface area contributed by atoms with Crippen molar-refractivity contribution in [1.82, 2.24) is 10.6 Å². The number of alkyl halides is 3. The van der Waals surface area contributed by atoms with Crippen molar-refractivity contribution in [2.24, 2.45) is 0 Å². The van der Waals surface area contributed by atoms with Crippen molar-refractivity contribution in [2.45, 2.75) is 88.0 Å². The first-order valence-corrected chi connectivity index (χ1v) is 13.0. The Labute approximate surface area is 213 Å². The van der Waals surface area contributed by atoms with Crippen LogP contribution in [0.15, 0.2) is 24.3 Å². The molecule has 0 aromatic heterocycles. The molecule has 1 rings (SSSR count). The van der Waals surface area contributed by atoms with Gasteiger partial charge in [0.05, 0.1) is 6.61 Å². The second-order valence-electron chi connectivity index (χ2n) is 7.74. The predicted octanol–water partition coefficient (Wildman–Crippen LogP) is 7.11. The van der Waals surface area contributed by atoms with Crippen LogP contribution in [-0.4, -0.2) is 27.6 Å². The van der Waals surface area contributed by atoms with E-state index in [1.165, 1.54) is 25.7 Å². The average Bonchev–Trinajstić information content (AvgIpc) is 2.73. The summed E-state index contributed by atoms with van der Waals surface area (Å²) in [5.74, 6) is 0.616. The number of carbonyl (C=O) groups excluding carboxylic acids is 1. The molecular weight excluding hydrogens is 489 g/mol. The van der Waals surface area contributed by atoms with Gasteiger partial charge in [0, 0.05) is 12.1 Å². The zero-order chi connectivity index (χ0) is 23.8. The van der Waals surface area contributed by atoms with Crippen LogP contribution in [0.25, 0.3) is 0 Å². The van der Waals surface area contributed by atoms with Crippen molar-refractivity contribution < 1.29 is 9.53 Å². The number of amides is 1. The minimum absolute atomic E-state index is 0.187. The zero-order valence-corrected chi connectivity index (χ0v) is 22.1. The van der Waals surface area contributed by atoms with Gasteiger partial charge in [-0.1, -0.05) is 93.6 Å². The van der Waals surface area contributed by atoms with Gasteiger partial charge in [-0.15, -0.1) is 0 Å². The number of halogens is 3. The summed E-state index contributed by atoms with van der Waals surface area (Å²) >= 11 is 23.5. The molecule has 0 radical (unpaired) electrons. The molecule has 32 heavy (non-hydrogen) atoms. The van der Waals surface area contributed by atoms with Crippen LogP contribution in [-0.2, 0) is 4.79 Å². The van der Waals surface area contributed by atoms with E-state index < -0.39 is 9.96 Å². The first-order chi connectivity index (χ1) is 15.3. The monoisotopic (exact) mass is 523 g/mol. The summed E-state index contributed by atoms with van der Waals surface area (Å²) in [5.41, 5.74) is 0.756. The first-order valence-electron chi connectivity index (χ1n) is 11.4. The maximum atomic E-state index is 12.2. The normalized spacial score (nSPS) is 12.2. The van der Waals surface area contributed by atoms with Gasteiger partial charge in [0.1, 0.15) is 11.9 Å². The molecule has 1 atom stereocenters. The zero-order valence-electron chi connectivity index (χ0n) is 19.0. The molecule has 0 aliphatic heterocycles. The molecule has 1 aromatic rings. The Hall–Kier alpha value is -0.950. The minimum atomic E-state index is -1.76. The summed E-state index contributed by atoms with van der Waals surface area (Å²) in [6.45, 7) is 5.04. The van der Waals surface area contributed by atoms with Crippen LogP contribution in [0.2, 0.25) is 0 Å². The number of benzene rings is 1. The third kappa shape index (κ3) is 13.6. The Balaban J connectivity index is 2.47. The van der Waals surface area contributed by atoms with Gasteiger partial charge < -0.3 is 20.7 Å². The molecule has 0 fully saturated rings. The van der Waals surface area contributed by atoms with Crippen molar-refractivity contribution in [1.29, 1.82) is 0 Å². The molecule has 5 nitrogen and oxygen atoms in total. The van der Waals surface area contributed by atoms with E-state index in [-0.39, 0.29) is 11.0 Å². The van der Waals surface area contributed by atoms with Gasteiger partial charge in [0.25, 0.3) is 0 Å². The van der Waals surface area contributed by atoms with E-state index in [0.717, 1.165) is 43.5 Å². The largest absolute Gasteiger partial charge is 0.494 e. The fraction of sp³-hybridized carbons (Fsp3) is 0.652. The van der Waals surface area contributed by atoms with E-state index in [1.807, 2.05) is 24.3 Å². The summed E-state index contributed by atoms with van der Waals surface area (Å²) < 4.78 is 3.98. The van der Waals surface area contributed by atoms with Crippen molar-refractivity contribution in [2.75, 3.05) is 11.9 Å². The van der Waals surface area contributed by atoms with E-state index in [2.05, 4.69) is 29.8 Å². The van der Waals surface area contributed by atoms with Gasteiger partial charge in [-0.3, -0.25) is 4.79 Å². The topological polar surface area (TPSA) is 62.4 Å². The lowest BCUT2D eigenvalue weighted by molar-refractivity contribution is -0.122. The van der Waals surface area contributed by atoms with Crippen LogP contribution in [0.4, 0.5) is 5.69 Å². The Morgan fingerprint density at radius 2 is 1.53 bits per heavy atom. The van der Waals surface area contributed by atoms with Crippen LogP contribution < -0.4 is 20.7 Å². The lowest BCUT2D eigenvalue weighted by atomic mass is 10.1. The molecule has 0 heterocycles. The summed E-state index contributed by atoms with van der Waals surface area (Å²) in [4.78, 5) is 12.2. The summed E-state index contributed by atoms with van der Waals surface area (Å²) in [6, 6.07) is 7.46. The SMILES string of the molecule is CCCCCCCC(=O)NC(NC(=S)Nc1ccc(OCCCCCC)cc1)C(Cl)(Cl)Cl. The maximum absolute atomic E-state index is 12.2. The highest BCUT2D eigenvalue weighted by Gasteiger charge is 2.34. The minimum Gasteiger partial charge on any atom is -0.494 e. The van der Waals surface area contributed by atoms with Gasteiger partial charge in [-0.25, -0.2) is 0 Å². The Morgan fingerprint density at radius 3 is 2.12 bits per heavy atom. The third-order valence-corrected chi connectivity index (χ3v) is 5.67. The highest BCUT2D eigenvalue weighted by Crippen LogP contribution is 2.29. The Bertz CT molecular complexity index is 669. The summed E-state index contributed by atoms with van der Waals surface area (Å²) in [6.07, 6.45) is 9.33. The molecule has 0 spiro atoms. The number of ether oxygens (including phenoxy) is 1.